The molecule has 0 aliphatic heterocycles. The third-order valence-electron chi connectivity index (χ3n) is 2.73. The van der Waals surface area contributed by atoms with Gasteiger partial charge >= 0.3 is 0 Å². The van der Waals surface area contributed by atoms with Crippen LogP contribution in [-0.4, -0.2) is 29.2 Å². The van der Waals surface area contributed by atoms with E-state index in [1.54, 1.807) is 6.20 Å². The summed E-state index contributed by atoms with van der Waals surface area (Å²) in [6, 6.07) is 0.212. The van der Waals surface area contributed by atoms with Gasteiger partial charge in [-0.1, -0.05) is 13.8 Å². The second-order valence-electron chi connectivity index (χ2n) is 4.52. The van der Waals surface area contributed by atoms with Gasteiger partial charge in [0.2, 0.25) is 5.95 Å². The molecule has 1 heterocycles. The number of nitrogens with two attached hydrogens (primary N) is 1. The number of nitrogens with one attached hydrogen (secondary N) is 2. The highest BCUT2D eigenvalue weighted by molar-refractivity contribution is 5.46. The number of hydrogen-bond donors (Lipinski definition) is 3. The van der Waals surface area contributed by atoms with E-state index >= 15 is 0 Å². The molecule has 1 atom stereocenters. The SMILES string of the molecule is CCOCC(Nc1nc(NN)ncc1C)C(C)C. The lowest BCUT2D eigenvalue weighted by Crippen LogP contribution is -2.32. The molecule has 0 saturated heterocycles. The van der Waals surface area contributed by atoms with E-state index in [9.17, 15) is 0 Å². The Morgan fingerprint density at radius 1 is 1.44 bits per heavy atom. The maximum atomic E-state index is 5.48. The summed E-state index contributed by atoms with van der Waals surface area (Å²) in [6.45, 7) is 9.61. The zero-order valence-corrected chi connectivity index (χ0v) is 11.5. The number of nitrogens with zero attached hydrogens (tertiary/aromatic N) is 2. The van der Waals surface area contributed by atoms with Crippen molar-refractivity contribution in [3.63, 3.8) is 0 Å². The zero-order chi connectivity index (χ0) is 13.5. The van der Waals surface area contributed by atoms with Gasteiger partial charge in [-0.05, 0) is 19.8 Å². The molecule has 0 aliphatic rings. The summed E-state index contributed by atoms with van der Waals surface area (Å²) in [4.78, 5) is 8.36. The summed E-state index contributed by atoms with van der Waals surface area (Å²) >= 11 is 0. The fourth-order valence-corrected chi connectivity index (χ4v) is 1.48. The molecule has 0 bridgehead atoms. The summed E-state index contributed by atoms with van der Waals surface area (Å²) in [5.41, 5.74) is 3.43. The van der Waals surface area contributed by atoms with E-state index in [1.165, 1.54) is 0 Å². The second-order valence-corrected chi connectivity index (χ2v) is 4.52. The van der Waals surface area contributed by atoms with Gasteiger partial charge in [0.1, 0.15) is 5.82 Å². The van der Waals surface area contributed by atoms with Gasteiger partial charge in [-0.3, -0.25) is 5.43 Å². The molecule has 18 heavy (non-hydrogen) atoms. The number of anilines is 2. The molecule has 1 rings (SSSR count). The highest BCUT2D eigenvalue weighted by Crippen LogP contribution is 2.16. The molecule has 0 spiro atoms. The molecule has 1 aromatic rings. The minimum atomic E-state index is 0.212. The second kappa shape index (κ2) is 7.13. The molecule has 1 aromatic heterocycles. The van der Waals surface area contributed by atoms with E-state index in [-0.39, 0.29) is 6.04 Å². The van der Waals surface area contributed by atoms with E-state index in [2.05, 4.69) is 34.6 Å². The number of hydrazine groups is 1. The molecule has 0 aromatic carbocycles. The van der Waals surface area contributed by atoms with Crippen molar-refractivity contribution in [1.29, 1.82) is 0 Å². The Morgan fingerprint density at radius 2 is 2.17 bits per heavy atom. The first kappa shape index (κ1) is 14.7. The third kappa shape index (κ3) is 4.12. The molecule has 102 valence electrons. The number of aromatic nitrogens is 2. The Morgan fingerprint density at radius 3 is 2.72 bits per heavy atom. The van der Waals surface area contributed by atoms with Gasteiger partial charge in [0.05, 0.1) is 12.6 Å². The molecule has 0 aliphatic carbocycles. The van der Waals surface area contributed by atoms with E-state index in [0.717, 1.165) is 11.4 Å². The van der Waals surface area contributed by atoms with Gasteiger partial charge in [0.15, 0.2) is 0 Å². The molecule has 0 saturated carbocycles. The number of rotatable bonds is 7. The first-order valence-corrected chi connectivity index (χ1v) is 6.23. The van der Waals surface area contributed by atoms with Crippen LogP contribution in [0, 0.1) is 12.8 Å². The van der Waals surface area contributed by atoms with Crippen LogP contribution in [0.25, 0.3) is 0 Å². The molecule has 0 amide bonds. The number of ether oxygens (including phenoxy) is 1. The molecule has 4 N–H and O–H groups in total. The van der Waals surface area contributed by atoms with Crippen LogP contribution in [0.5, 0.6) is 0 Å². The minimum absolute atomic E-state index is 0.212. The molecule has 0 radical (unpaired) electrons. The smallest absolute Gasteiger partial charge is 0.239 e. The minimum Gasteiger partial charge on any atom is -0.380 e. The van der Waals surface area contributed by atoms with Crippen molar-refractivity contribution in [2.45, 2.75) is 33.7 Å². The predicted molar refractivity (Wildman–Crippen MR) is 73.3 cm³/mol. The van der Waals surface area contributed by atoms with Crippen molar-refractivity contribution >= 4 is 11.8 Å². The molecule has 6 nitrogen and oxygen atoms in total. The van der Waals surface area contributed by atoms with Gasteiger partial charge in [-0.15, -0.1) is 0 Å². The first-order valence-electron chi connectivity index (χ1n) is 6.23. The highest BCUT2D eigenvalue weighted by Gasteiger charge is 2.15. The zero-order valence-electron chi connectivity index (χ0n) is 11.5. The van der Waals surface area contributed by atoms with Crippen LogP contribution in [0.1, 0.15) is 26.3 Å². The maximum Gasteiger partial charge on any atom is 0.239 e. The fraction of sp³-hybridized carbons (Fsp3) is 0.667. The van der Waals surface area contributed by atoms with Crippen molar-refractivity contribution in [1.82, 2.24) is 9.97 Å². The van der Waals surface area contributed by atoms with E-state index < -0.39 is 0 Å². The van der Waals surface area contributed by atoms with Gasteiger partial charge in [-0.2, -0.15) is 4.98 Å². The Labute approximate surface area is 108 Å². The van der Waals surface area contributed by atoms with Crippen LogP contribution in [0.3, 0.4) is 0 Å². The van der Waals surface area contributed by atoms with E-state index in [1.807, 2.05) is 13.8 Å². The normalized spacial score (nSPS) is 12.6. The molecule has 1 unspecified atom stereocenters. The Kier molecular flexibility index (Phi) is 5.80. The van der Waals surface area contributed by atoms with Crippen molar-refractivity contribution in [2.24, 2.45) is 11.8 Å². The van der Waals surface area contributed by atoms with Crippen LogP contribution in [0.4, 0.5) is 11.8 Å². The van der Waals surface area contributed by atoms with Crippen molar-refractivity contribution in [3.8, 4) is 0 Å². The molecule has 6 heteroatoms. The lowest BCUT2D eigenvalue weighted by Gasteiger charge is -2.23. The van der Waals surface area contributed by atoms with Crippen molar-refractivity contribution in [2.75, 3.05) is 24.0 Å². The van der Waals surface area contributed by atoms with Crippen LogP contribution < -0.4 is 16.6 Å². The van der Waals surface area contributed by atoms with Gasteiger partial charge in [0.25, 0.3) is 0 Å². The predicted octanol–water partition coefficient (Wildman–Crippen LogP) is 1.54. The standard InChI is InChI=1S/C12H23N5O/c1-5-18-7-10(8(2)3)15-11-9(4)6-14-12(16-11)17-13/h6,8,10H,5,7,13H2,1-4H3,(H2,14,15,16,17). The molecular weight excluding hydrogens is 230 g/mol. The Bertz CT molecular complexity index is 369. The molecular formula is C12H23N5O. The van der Waals surface area contributed by atoms with Crippen LogP contribution in [-0.2, 0) is 4.74 Å². The summed E-state index contributed by atoms with van der Waals surface area (Å²) in [6.07, 6.45) is 1.74. The van der Waals surface area contributed by atoms with Crippen LogP contribution >= 0.6 is 0 Å². The summed E-state index contributed by atoms with van der Waals surface area (Å²) in [7, 11) is 0. The third-order valence-corrected chi connectivity index (χ3v) is 2.73. The van der Waals surface area contributed by atoms with Crippen LogP contribution in [0.15, 0.2) is 6.20 Å². The number of hydrogen-bond acceptors (Lipinski definition) is 6. The summed E-state index contributed by atoms with van der Waals surface area (Å²) < 4.78 is 5.48. The van der Waals surface area contributed by atoms with Crippen LogP contribution in [0.2, 0.25) is 0 Å². The van der Waals surface area contributed by atoms with Gasteiger partial charge in [-0.25, -0.2) is 10.8 Å². The largest absolute Gasteiger partial charge is 0.380 e. The van der Waals surface area contributed by atoms with E-state index in [0.29, 0.717) is 25.1 Å². The number of aryl methyl sites for hydroxylation is 1. The number of nitrogen functional groups attached to an aromatic ring is 1. The summed E-state index contributed by atoms with van der Waals surface area (Å²) in [5, 5.41) is 3.38. The Hall–Kier alpha value is -1.40. The first-order chi connectivity index (χ1) is 8.58. The fourth-order valence-electron chi connectivity index (χ4n) is 1.48. The maximum absolute atomic E-state index is 5.48. The monoisotopic (exact) mass is 253 g/mol. The van der Waals surface area contributed by atoms with Crippen molar-refractivity contribution in [3.05, 3.63) is 11.8 Å². The topological polar surface area (TPSA) is 85.1 Å². The highest BCUT2D eigenvalue weighted by atomic mass is 16.5. The lowest BCUT2D eigenvalue weighted by atomic mass is 10.1. The lowest BCUT2D eigenvalue weighted by molar-refractivity contribution is 0.126. The quantitative estimate of drug-likeness (QED) is 0.505. The Balaban J connectivity index is 2.78. The van der Waals surface area contributed by atoms with E-state index in [4.69, 9.17) is 10.6 Å². The van der Waals surface area contributed by atoms with Gasteiger partial charge in [0, 0.05) is 18.4 Å². The average Bonchev–Trinajstić information content (AvgIpc) is 2.36. The van der Waals surface area contributed by atoms with Crippen molar-refractivity contribution < 1.29 is 4.74 Å². The van der Waals surface area contributed by atoms with Gasteiger partial charge < -0.3 is 10.1 Å². The summed E-state index contributed by atoms with van der Waals surface area (Å²) in [5.74, 6) is 6.95. The molecule has 0 fully saturated rings. The average molecular weight is 253 g/mol.